The van der Waals surface area contributed by atoms with Crippen LogP contribution in [0.5, 0.6) is 5.75 Å². The van der Waals surface area contributed by atoms with E-state index in [0.717, 1.165) is 19.3 Å². The average molecular weight is 271 g/mol. The fourth-order valence-corrected chi connectivity index (χ4v) is 1.41. The Morgan fingerprint density at radius 1 is 1.17 bits per heavy atom. The zero-order valence-electron chi connectivity index (χ0n) is 10.1. The van der Waals surface area contributed by atoms with E-state index < -0.39 is 11.4 Å². The SMILES string of the molecule is CCCCCOC(=O)Oc1ccc(C(=O)Cl)cc1. The second kappa shape index (κ2) is 7.71. The van der Waals surface area contributed by atoms with Crippen molar-refractivity contribution in [2.75, 3.05) is 6.61 Å². The Labute approximate surface area is 111 Å². The van der Waals surface area contributed by atoms with Gasteiger partial charge in [0.25, 0.3) is 5.24 Å². The molecule has 0 spiro atoms. The minimum atomic E-state index is -0.740. The van der Waals surface area contributed by atoms with E-state index in [1.165, 1.54) is 24.3 Å². The lowest BCUT2D eigenvalue weighted by Crippen LogP contribution is -2.11. The highest BCUT2D eigenvalue weighted by Gasteiger charge is 2.07. The predicted molar refractivity (Wildman–Crippen MR) is 68.1 cm³/mol. The first-order valence-electron chi connectivity index (χ1n) is 5.78. The Balaban J connectivity index is 2.37. The van der Waals surface area contributed by atoms with Crippen LogP contribution in [0.1, 0.15) is 36.5 Å². The minimum Gasteiger partial charge on any atom is -0.434 e. The molecule has 0 bridgehead atoms. The summed E-state index contributed by atoms with van der Waals surface area (Å²) >= 11 is 5.29. The molecule has 98 valence electrons. The number of halogens is 1. The number of hydrogen-bond acceptors (Lipinski definition) is 4. The number of carbonyl (C=O) groups is 2. The van der Waals surface area contributed by atoms with Crippen molar-refractivity contribution in [1.82, 2.24) is 0 Å². The van der Waals surface area contributed by atoms with Gasteiger partial charge in [-0.25, -0.2) is 4.79 Å². The van der Waals surface area contributed by atoms with E-state index in [2.05, 4.69) is 6.92 Å². The lowest BCUT2D eigenvalue weighted by Gasteiger charge is -2.05. The first kappa shape index (κ1) is 14.5. The summed E-state index contributed by atoms with van der Waals surface area (Å²) in [6, 6.07) is 5.94. The van der Waals surface area contributed by atoms with Crippen molar-refractivity contribution in [3.63, 3.8) is 0 Å². The molecule has 0 aliphatic rings. The molecule has 0 aromatic heterocycles. The van der Waals surface area contributed by atoms with Gasteiger partial charge in [-0.15, -0.1) is 0 Å². The molecule has 1 rings (SSSR count). The zero-order chi connectivity index (χ0) is 13.4. The summed E-state index contributed by atoms with van der Waals surface area (Å²) in [7, 11) is 0. The summed E-state index contributed by atoms with van der Waals surface area (Å²) in [5.41, 5.74) is 0.348. The predicted octanol–water partition coefficient (Wildman–Crippen LogP) is 3.77. The molecule has 0 saturated heterocycles. The fourth-order valence-electron chi connectivity index (χ4n) is 1.29. The maximum atomic E-state index is 11.3. The van der Waals surface area contributed by atoms with Crippen molar-refractivity contribution in [1.29, 1.82) is 0 Å². The topological polar surface area (TPSA) is 52.6 Å². The number of carbonyl (C=O) groups excluding carboxylic acids is 2. The molecular formula is C13H15ClO4. The Bertz CT molecular complexity index is 400. The molecule has 0 N–H and O–H groups in total. The number of hydrogen-bond donors (Lipinski definition) is 0. The van der Waals surface area contributed by atoms with E-state index in [-0.39, 0.29) is 0 Å². The largest absolute Gasteiger partial charge is 0.513 e. The Kier molecular flexibility index (Phi) is 6.22. The van der Waals surface area contributed by atoms with Gasteiger partial charge in [-0.2, -0.15) is 0 Å². The van der Waals surface area contributed by atoms with Gasteiger partial charge >= 0.3 is 6.16 Å². The first-order chi connectivity index (χ1) is 8.63. The molecule has 0 aliphatic carbocycles. The van der Waals surface area contributed by atoms with Gasteiger partial charge in [0.15, 0.2) is 0 Å². The second-order valence-corrected chi connectivity index (χ2v) is 4.05. The second-order valence-electron chi connectivity index (χ2n) is 3.71. The minimum absolute atomic E-state index is 0.317. The zero-order valence-corrected chi connectivity index (χ0v) is 10.9. The normalized spacial score (nSPS) is 9.89. The maximum absolute atomic E-state index is 11.3. The summed E-state index contributed by atoms with van der Waals surface area (Å²) in [6.45, 7) is 2.42. The van der Waals surface area contributed by atoms with E-state index in [0.29, 0.717) is 17.9 Å². The van der Waals surface area contributed by atoms with Crippen LogP contribution in [0.2, 0.25) is 0 Å². The molecule has 0 amide bonds. The van der Waals surface area contributed by atoms with Crippen LogP contribution in [0.15, 0.2) is 24.3 Å². The van der Waals surface area contributed by atoms with Crippen LogP contribution in [-0.2, 0) is 4.74 Å². The molecular weight excluding hydrogens is 256 g/mol. The van der Waals surface area contributed by atoms with Crippen molar-refractivity contribution in [3.05, 3.63) is 29.8 Å². The van der Waals surface area contributed by atoms with Crippen molar-refractivity contribution >= 4 is 23.0 Å². The highest BCUT2D eigenvalue weighted by atomic mass is 35.5. The maximum Gasteiger partial charge on any atom is 0.513 e. The smallest absolute Gasteiger partial charge is 0.434 e. The molecule has 0 fully saturated rings. The van der Waals surface area contributed by atoms with E-state index in [4.69, 9.17) is 21.1 Å². The van der Waals surface area contributed by atoms with Gasteiger partial charge in [-0.05, 0) is 42.3 Å². The molecule has 0 unspecified atom stereocenters. The van der Waals surface area contributed by atoms with Crippen LogP contribution < -0.4 is 4.74 Å². The van der Waals surface area contributed by atoms with E-state index in [9.17, 15) is 9.59 Å². The van der Waals surface area contributed by atoms with Crippen LogP contribution in [0, 0.1) is 0 Å². The summed E-state index contributed by atoms with van der Waals surface area (Å²) in [5, 5.41) is -0.552. The van der Waals surface area contributed by atoms with Crippen molar-refractivity contribution in [2.24, 2.45) is 0 Å². The number of benzene rings is 1. The molecule has 5 heteroatoms. The first-order valence-corrected chi connectivity index (χ1v) is 6.15. The molecule has 4 nitrogen and oxygen atoms in total. The van der Waals surface area contributed by atoms with Crippen LogP contribution in [0.3, 0.4) is 0 Å². The number of ether oxygens (including phenoxy) is 2. The van der Waals surface area contributed by atoms with Crippen molar-refractivity contribution in [3.8, 4) is 5.75 Å². The average Bonchev–Trinajstić information content (AvgIpc) is 2.35. The molecule has 1 aromatic rings. The summed E-state index contributed by atoms with van der Waals surface area (Å²) < 4.78 is 9.79. The van der Waals surface area contributed by atoms with E-state index in [1.54, 1.807) is 0 Å². The lowest BCUT2D eigenvalue weighted by atomic mass is 10.2. The molecule has 0 heterocycles. The molecule has 0 atom stereocenters. The monoisotopic (exact) mass is 270 g/mol. The highest BCUT2D eigenvalue weighted by molar-refractivity contribution is 6.67. The third-order valence-electron chi connectivity index (χ3n) is 2.25. The van der Waals surface area contributed by atoms with Crippen molar-refractivity contribution < 1.29 is 19.1 Å². The van der Waals surface area contributed by atoms with Gasteiger partial charge in [-0.1, -0.05) is 19.8 Å². The molecule has 0 radical (unpaired) electrons. The van der Waals surface area contributed by atoms with E-state index >= 15 is 0 Å². The Morgan fingerprint density at radius 3 is 2.39 bits per heavy atom. The van der Waals surface area contributed by atoms with Crippen LogP contribution in [0.25, 0.3) is 0 Å². The third kappa shape index (κ3) is 5.19. The fraction of sp³-hybridized carbons (Fsp3) is 0.385. The molecule has 0 aliphatic heterocycles. The molecule has 1 aromatic carbocycles. The lowest BCUT2D eigenvalue weighted by molar-refractivity contribution is 0.0974. The number of rotatable bonds is 6. The summed E-state index contributed by atoms with van der Waals surface area (Å²) in [6.07, 6.45) is 2.16. The van der Waals surface area contributed by atoms with Gasteiger partial charge in [0.1, 0.15) is 5.75 Å². The summed E-state index contributed by atoms with van der Waals surface area (Å²) in [4.78, 5) is 22.1. The third-order valence-corrected chi connectivity index (χ3v) is 2.47. The van der Waals surface area contributed by atoms with Gasteiger partial charge in [0, 0.05) is 5.56 Å². The quantitative estimate of drug-likeness (QED) is 0.342. The van der Waals surface area contributed by atoms with Crippen LogP contribution in [0.4, 0.5) is 4.79 Å². The molecule has 0 saturated carbocycles. The molecule has 18 heavy (non-hydrogen) atoms. The van der Waals surface area contributed by atoms with Crippen LogP contribution >= 0.6 is 11.6 Å². The summed E-state index contributed by atoms with van der Waals surface area (Å²) in [5.74, 6) is 0.317. The highest BCUT2D eigenvalue weighted by Crippen LogP contribution is 2.14. The Morgan fingerprint density at radius 2 is 1.83 bits per heavy atom. The Hall–Kier alpha value is -1.55. The van der Waals surface area contributed by atoms with E-state index in [1.807, 2.05) is 0 Å². The van der Waals surface area contributed by atoms with Gasteiger partial charge in [-0.3, -0.25) is 4.79 Å². The standard InChI is InChI=1S/C13H15ClO4/c1-2-3-4-9-17-13(16)18-11-7-5-10(6-8-11)12(14)15/h5-8H,2-4,9H2,1H3. The van der Waals surface area contributed by atoms with Gasteiger partial charge < -0.3 is 9.47 Å². The van der Waals surface area contributed by atoms with Gasteiger partial charge in [0.05, 0.1) is 6.61 Å². The number of unbranched alkanes of at least 4 members (excludes halogenated alkanes) is 2. The van der Waals surface area contributed by atoms with Gasteiger partial charge in [0.2, 0.25) is 0 Å². The van der Waals surface area contributed by atoms with Crippen molar-refractivity contribution in [2.45, 2.75) is 26.2 Å². The van der Waals surface area contributed by atoms with Crippen LogP contribution in [-0.4, -0.2) is 18.0 Å².